The number of nitrogens with zero attached hydrogens (tertiary/aromatic N) is 2. The first kappa shape index (κ1) is 21.9. The molecule has 0 aliphatic carbocycles. The lowest BCUT2D eigenvalue weighted by Gasteiger charge is -2.30. The molecule has 2 aromatic rings. The SMILES string of the molecule is Cc1ccccc1CS(=O)(=O)N1CCC(C(=O)Nc2cc([N+](=O)[O-])ccc2C)CC1. The summed E-state index contributed by atoms with van der Waals surface area (Å²) in [4.78, 5) is 23.1. The van der Waals surface area contributed by atoms with Crippen LogP contribution in [0.25, 0.3) is 0 Å². The van der Waals surface area contributed by atoms with Crippen molar-refractivity contribution in [3.63, 3.8) is 0 Å². The van der Waals surface area contributed by atoms with E-state index in [9.17, 15) is 23.3 Å². The van der Waals surface area contributed by atoms with Crippen LogP contribution in [0.15, 0.2) is 42.5 Å². The lowest BCUT2D eigenvalue weighted by Crippen LogP contribution is -2.42. The van der Waals surface area contributed by atoms with Crippen LogP contribution in [0.1, 0.15) is 29.5 Å². The fourth-order valence-electron chi connectivity index (χ4n) is 3.55. The number of anilines is 1. The van der Waals surface area contributed by atoms with Crippen molar-refractivity contribution in [1.82, 2.24) is 4.31 Å². The van der Waals surface area contributed by atoms with E-state index in [1.807, 2.05) is 31.2 Å². The van der Waals surface area contributed by atoms with Crippen molar-refractivity contribution in [2.45, 2.75) is 32.4 Å². The van der Waals surface area contributed by atoms with Crippen LogP contribution in [0.2, 0.25) is 0 Å². The third kappa shape index (κ3) is 5.03. The molecule has 0 bridgehead atoms. The Morgan fingerprint density at radius 1 is 1.13 bits per heavy atom. The lowest BCUT2D eigenvalue weighted by atomic mass is 9.97. The molecule has 1 aliphatic heterocycles. The molecule has 1 saturated heterocycles. The van der Waals surface area contributed by atoms with Gasteiger partial charge in [0.25, 0.3) is 5.69 Å². The highest BCUT2D eigenvalue weighted by molar-refractivity contribution is 7.88. The molecule has 0 saturated carbocycles. The molecule has 0 spiro atoms. The molecule has 0 aromatic heterocycles. The topological polar surface area (TPSA) is 110 Å². The zero-order valence-corrected chi connectivity index (χ0v) is 17.8. The molecule has 1 N–H and O–H groups in total. The van der Waals surface area contributed by atoms with Crippen molar-refractivity contribution in [3.05, 3.63) is 69.3 Å². The van der Waals surface area contributed by atoms with E-state index in [4.69, 9.17) is 0 Å². The quantitative estimate of drug-likeness (QED) is 0.557. The second-order valence-corrected chi connectivity index (χ2v) is 9.57. The number of benzene rings is 2. The molecule has 1 aliphatic rings. The van der Waals surface area contributed by atoms with E-state index >= 15 is 0 Å². The largest absolute Gasteiger partial charge is 0.325 e. The Morgan fingerprint density at radius 3 is 2.43 bits per heavy atom. The van der Waals surface area contributed by atoms with Crippen LogP contribution in [-0.2, 0) is 20.6 Å². The maximum absolute atomic E-state index is 12.8. The second kappa shape index (κ2) is 8.93. The molecule has 0 unspecified atom stereocenters. The number of piperidine rings is 1. The Hall–Kier alpha value is -2.78. The average molecular weight is 432 g/mol. The molecule has 0 radical (unpaired) electrons. The molecule has 30 heavy (non-hydrogen) atoms. The van der Waals surface area contributed by atoms with Crippen LogP contribution in [0.3, 0.4) is 0 Å². The minimum absolute atomic E-state index is 0.0522. The number of carbonyl (C=O) groups is 1. The number of nitrogens with one attached hydrogen (secondary N) is 1. The zero-order valence-electron chi connectivity index (χ0n) is 17.0. The molecular formula is C21H25N3O5S. The van der Waals surface area contributed by atoms with Gasteiger partial charge in [0.1, 0.15) is 0 Å². The van der Waals surface area contributed by atoms with Crippen molar-refractivity contribution >= 4 is 27.3 Å². The van der Waals surface area contributed by atoms with Gasteiger partial charge in [-0.15, -0.1) is 0 Å². The predicted octanol–water partition coefficient (Wildman–Crippen LogP) is 3.39. The average Bonchev–Trinajstić information content (AvgIpc) is 2.71. The third-order valence-corrected chi connectivity index (χ3v) is 7.33. The van der Waals surface area contributed by atoms with Crippen LogP contribution >= 0.6 is 0 Å². The standard InChI is InChI=1S/C21H25N3O5S/c1-15-5-3-4-6-18(15)14-30(28,29)23-11-9-17(10-12-23)21(25)22-20-13-19(24(26)27)8-7-16(20)2/h3-8,13,17H,9-12,14H2,1-2H3,(H,22,25). The second-order valence-electron chi connectivity index (χ2n) is 7.60. The Kier molecular flexibility index (Phi) is 6.52. The molecule has 9 heteroatoms. The highest BCUT2D eigenvalue weighted by atomic mass is 32.2. The van der Waals surface area contributed by atoms with Gasteiger partial charge in [-0.05, 0) is 43.4 Å². The van der Waals surface area contributed by atoms with Gasteiger partial charge in [0.2, 0.25) is 15.9 Å². The maximum atomic E-state index is 12.8. The van der Waals surface area contributed by atoms with Gasteiger partial charge in [0, 0.05) is 31.1 Å². The van der Waals surface area contributed by atoms with Crippen LogP contribution in [0, 0.1) is 29.9 Å². The van der Waals surface area contributed by atoms with E-state index < -0.39 is 14.9 Å². The van der Waals surface area contributed by atoms with E-state index in [1.54, 1.807) is 13.0 Å². The number of nitro groups is 1. The number of rotatable bonds is 6. The fourth-order valence-corrected chi connectivity index (χ4v) is 5.22. The zero-order chi connectivity index (χ0) is 21.9. The number of hydrogen-bond acceptors (Lipinski definition) is 5. The molecule has 1 heterocycles. The molecule has 1 fully saturated rings. The molecule has 160 valence electrons. The van der Waals surface area contributed by atoms with Crippen LogP contribution in [0.4, 0.5) is 11.4 Å². The van der Waals surface area contributed by atoms with E-state index in [0.717, 1.165) is 16.7 Å². The summed E-state index contributed by atoms with van der Waals surface area (Å²) in [5.74, 6) is -0.633. The van der Waals surface area contributed by atoms with Gasteiger partial charge in [-0.2, -0.15) is 0 Å². The summed E-state index contributed by atoms with van der Waals surface area (Å²) < 4.78 is 27.0. The summed E-state index contributed by atoms with van der Waals surface area (Å²) in [7, 11) is -3.46. The highest BCUT2D eigenvalue weighted by Crippen LogP contribution is 2.26. The van der Waals surface area contributed by atoms with Crippen molar-refractivity contribution in [3.8, 4) is 0 Å². The van der Waals surface area contributed by atoms with Gasteiger partial charge >= 0.3 is 0 Å². The van der Waals surface area contributed by atoms with Crippen molar-refractivity contribution in [2.24, 2.45) is 5.92 Å². The van der Waals surface area contributed by atoms with Gasteiger partial charge in [0.15, 0.2) is 0 Å². The van der Waals surface area contributed by atoms with Crippen molar-refractivity contribution in [2.75, 3.05) is 18.4 Å². The van der Waals surface area contributed by atoms with E-state index in [0.29, 0.717) is 18.5 Å². The molecule has 0 atom stereocenters. The van der Waals surface area contributed by atoms with Crippen LogP contribution in [0.5, 0.6) is 0 Å². The molecular weight excluding hydrogens is 406 g/mol. The molecule has 1 amide bonds. The summed E-state index contributed by atoms with van der Waals surface area (Å²) in [5, 5.41) is 13.7. The summed E-state index contributed by atoms with van der Waals surface area (Å²) in [6.45, 7) is 4.21. The smallest absolute Gasteiger partial charge is 0.271 e. The normalized spacial score (nSPS) is 15.7. The maximum Gasteiger partial charge on any atom is 0.271 e. The summed E-state index contributed by atoms with van der Waals surface area (Å²) in [5.41, 5.74) is 2.75. The van der Waals surface area contributed by atoms with Gasteiger partial charge in [-0.3, -0.25) is 14.9 Å². The van der Waals surface area contributed by atoms with Crippen LogP contribution < -0.4 is 5.32 Å². The first-order chi connectivity index (χ1) is 14.2. The molecule has 2 aromatic carbocycles. The third-order valence-electron chi connectivity index (χ3n) is 5.51. The Morgan fingerprint density at radius 2 is 1.80 bits per heavy atom. The van der Waals surface area contributed by atoms with Crippen LogP contribution in [-0.4, -0.2) is 36.6 Å². The summed E-state index contributed by atoms with van der Waals surface area (Å²) in [6, 6.07) is 11.7. The minimum atomic E-state index is -3.46. The van der Waals surface area contributed by atoms with Gasteiger partial charge in [-0.25, -0.2) is 12.7 Å². The van der Waals surface area contributed by atoms with Gasteiger partial charge in [-0.1, -0.05) is 30.3 Å². The highest BCUT2D eigenvalue weighted by Gasteiger charge is 2.31. The first-order valence-electron chi connectivity index (χ1n) is 9.75. The number of nitro benzene ring substituents is 1. The number of non-ortho nitro benzene ring substituents is 1. The van der Waals surface area contributed by atoms with E-state index in [-0.39, 0.29) is 36.4 Å². The minimum Gasteiger partial charge on any atom is -0.325 e. The fraction of sp³-hybridized carbons (Fsp3) is 0.381. The van der Waals surface area contributed by atoms with Gasteiger partial charge in [0.05, 0.1) is 16.4 Å². The predicted molar refractivity (Wildman–Crippen MR) is 115 cm³/mol. The number of carbonyl (C=O) groups excluding carboxylic acids is 1. The van der Waals surface area contributed by atoms with Crippen molar-refractivity contribution < 1.29 is 18.1 Å². The first-order valence-corrected chi connectivity index (χ1v) is 11.4. The lowest BCUT2D eigenvalue weighted by molar-refractivity contribution is -0.384. The molecule has 8 nitrogen and oxygen atoms in total. The number of sulfonamides is 1. The molecule has 3 rings (SSSR count). The van der Waals surface area contributed by atoms with Gasteiger partial charge < -0.3 is 5.32 Å². The Labute approximate surface area is 176 Å². The van der Waals surface area contributed by atoms with E-state index in [1.165, 1.54) is 16.4 Å². The van der Waals surface area contributed by atoms with E-state index in [2.05, 4.69) is 5.32 Å². The summed E-state index contributed by atoms with van der Waals surface area (Å²) >= 11 is 0. The number of hydrogen-bond donors (Lipinski definition) is 1. The monoisotopic (exact) mass is 431 g/mol. The Bertz CT molecular complexity index is 1060. The Balaban J connectivity index is 1.61. The summed E-state index contributed by atoms with van der Waals surface area (Å²) in [6.07, 6.45) is 0.819. The number of aryl methyl sites for hydroxylation is 2. The van der Waals surface area contributed by atoms with Crippen molar-refractivity contribution in [1.29, 1.82) is 0 Å². The number of amides is 1.